The van der Waals surface area contributed by atoms with E-state index in [-0.39, 0.29) is 0 Å². The van der Waals surface area contributed by atoms with E-state index in [0.29, 0.717) is 11.1 Å². The van der Waals surface area contributed by atoms with Crippen LogP contribution in [0.3, 0.4) is 0 Å². The van der Waals surface area contributed by atoms with E-state index < -0.39 is 0 Å². The first kappa shape index (κ1) is 12.3. The predicted molar refractivity (Wildman–Crippen MR) is 79.4 cm³/mol. The number of nitrogen functional groups attached to an aromatic ring is 1. The standard InChI is InChI=1S/C15H16ClN3/c16-12-3-4-15(13(17)10-12)19-9-1-2-14(19)11-5-7-18-8-6-11/h3-8,10,14H,1-2,9,17H2. The van der Waals surface area contributed by atoms with Crippen molar-refractivity contribution in [1.29, 1.82) is 0 Å². The fourth-order valence-electron chi connectivity index (χ4n) is 2.77. The fourth-order valence-corrected chi connectivity index (χ4v) is 2.95. The van der Waals surface area contributed by atoms with Crippen LogP contribution in [0.2, 0.25) is 5.02 Å². The number of hydrogen-bond donors (Lipinski definition) is 1. The van der Waals surface area contributed by atoms with Gasteiger partial charge in [-0.15, -0.1) is 0 Å². The van der Waals surface area contributed by atoms with Gasteiger partial charge in [0.15, 0.2) is 0 Å². The van der Waals surface area contributed by atoms with Crippen LogP contribution in [0.15, 0.2) is 42.7 Å². The number of benzene rings is 1. The first-order valence-corrected chi connectivity index (χ1v) is 6.85. The van der Waals surface area contributed by atoms with E-state index in [4.69, 9.17) is 17.3 Å². The molecule has 2 aromatic rings. The molecule has 1 unspecified atom stereocenters. The lowest BCUT2D eigenvalue weighted by Gasteiger charge is -2.28. The van der Waals surface area contributed by atoms with E-state index in [1.807, 2.05) is 30.6 Å². The van der Waals surface area contributed by atoms with Gasteiger partial charge in [0.2, 0.25) is 0 Å². The van der Waals surface area contributed by atoms with E-state index in [0.717, 1.165) is 24.3 Å². The molecule has 2 N–H and O–H groups in total. The number of anilines is 2. The normalized spacial score (nSPS) is 18.8. The number of nitrogens with two attached hydrogens (primary N) is 1. The van der Waals surface area contributed by atoms with Crippen molar-refractivity contribution in [1.82, 2.24) is 4.98 Å². The third-order valence-corrected chi connectivity index (χ3v) is 3.88. The van der Waals surface area contributed by atoms with Gasteiger partial charge >= 0.3 is 0 Å². The van der Waals surface area contributed by atoms with Crippen LogP contribution in [0.1, 0.15) is 24.4 Å². The highest BCUT2D eigenvalue weighted by atomic mass is 35.5. The quantitative estimate of drug-likeness (QED) is 0.849. The van der Waals surface area contributed by atoms with Crippen LogP contribution < -0.4 is 10.6 Å². The Hall–Kier alpha value is -1.74. The molecule has 3 rings (SSSR count). The van der Waals surface area contributed by atoms with Crippen molar-refractivity contribution in [2.45, 2.75) is 18.9 Å². The maximum atomic E-state index is 6.10. The zero-order chi connectivity index (χ0) is 13.2. The number of aromatic nitrogens is 1. The number of pyridine rings is 1. The van der Waals surface area contributed by atoms with Crippen LogP contribution in [-0.2, 0) is 0 Å². The first-order chi connectivity index (χ1) is 9.25. The summed E-state index contributed by atoms with van der Waals surface area (Å²) >= 11 is 5.97. The Morgan fingerprint density at radius 2 is 2.00 bits per heavy atom. The maximum absolute atomic E-state index is 6.10. The van der Waals surface area contributed by atoms with Crippen molar-refractivity contribution in [3.63, 3.8) is 0 Å². The molecule has 1 aromatic heterocycles. The van der Waals surface area contributed by atoms with E-state index >= 15 is 0 Å². The third kappa shape index (κ3) is 2.38. The van der Waals surface area contributed by atoms with Crippen molar-refractivity contribution in [2.24, 2.45) is 0 Å². The van der Waals surface area contributed by atoms with E-state index in [1.54, 1.807) is 0 Å². The lowest BCUT2D eigenvalue weighted by atomic mass is 10.1. The summed E-state index contributed by atoms with van der Waals surface area (Å²) in [7, 11) is 0. The Kier molecular flexibility index (Phi) is 3.30. The zero-order valence-electron chi connectivity index (χ0n) is 10.6. The highest BCUT2D eigenvalue weighted by molar-refractivity contribution is 6.31. The van der Waals surface area contributed by atoms with Gasteiger partial charge in [-0.25, -0.2) is 0 Å². The minimum atomic E-state index is 0.381. The molecule has 1 saturated heterocycles. The Bertz CT molecular complexity index is 571. The largest absolute Gasteiger partial charge is 0.397 e. The van der Waals surface area contributed by atoms with Gasteiger partial charge in [0.25, 0.3) is 0 Å². The molecular formula is C15H16ClN3. The molecule has 1 fully saturated rings. The van der Waals surface area contributed by atoms with E-state index in [9.17, 15) is 0 Å². The summed E-state index contributed by atoms with van der Waals surface area (Å²) in [6.07, 6.45) is 6.01. The van der Waals surface area contributed by atoms with Gasteiger partial charge in [-0.2, -0.15) is 0 Å². The molecule has 1 atom stereocenters. The predicted octanol–water partition coefficient (Wildman–Crippen LogP) is 3.66. The van der Waals surface area contributed by atoms with Crippen LogP contribution in [0.5, 0.6) is 0 Å². The molecule has 0 aliphatic carbocycles. The molecule has 0 spiro atoms. The second-order valence-corrected chi connectivity index (χ2v) is 5.27. The molecule has 3 nitrogen and oxygen atoms in total. The van der Waals surface area contributed by atoms with Crippen LogP contribution in [0.4, 0.5) is 11.4 Å². The molecular weight excluding hydrogens is 258 g/mol. The monoisotopic (exact) mass is 273 g/mol. The second-order valence-electron chi connectivity index (χ2n) is 4.84. The van der Waals surface area contributed by atoms with Crippen LogP contribution in [0, 0.1) is 0 Å². The molecule has 98 valence electrons. The van der Waals surface area contributed by atoms with E-state index in [1.165, 1.54) is 12.0 Å². The molecule has 19 heavy (non-hydrogen) atoms. The van der Waals surface area contributed by atoms with Crippen LogP contribution in [-0.4, -0.2) is 11.5 Å². The molecule has 1 aliphatic rings. The summed E-state index contributed by atoms with van der Waals surface area (Å²) in [6, 6.07) is 10.3. The number of hydrogen-bond acceptors (Lipinski definition) is 3. The van der Waals surface area contributed by atoms with Gasteiger partial charge < -0.3 is 10.6 Å². The summed E-state index contributed by atoms with van der Waals surface area (Å²) in [5.74, 6) is 0. The minimum Gasteiger partial charge on any atom is -0.397 e. The van der Waals surface area contributed by atoms with Crippen LogP contribution >= 0.6 is 11.6 Å². The van der Waals surface area contributed by atoms with Gasteiger partial charge in [-0.3, -0.25) is 4.98 Å². The number of rotatable bonds is 2. The SMILES string of the molecule is Nc1cc(Cl)ccc1N1CCCC1c1ccncc1. The molecule has 0 bridgehead atoms. The first-order valence-electron chi connectivity index (χ1n) is 6.47. The van der Waals surface area contributed by atoms with Gasteiger partial charge in [0, 0.05) is 24.0 Å². The summed E-state index contributed by atoms with van der Waals surface area (Å²) in [5, 5.41) is 0.681. The summed E-state index contributed by atoms with van der Waals surface area (Å²) in [5.41, 5.74) is 9.21. The molecule has 4 heteroatoms. The third-order valence-electron chi connectivity index (χ3n) is 3.64. The highest BCUT2D eigenvalue weighted by Gasteiger charge is 2.27. The molecule has 0 saturated carbocycles. The lowest BCUT2D eigenvalue weighted by molar-refractivity contribution is 0.718. The Morgan fingerprint density at radius 1 is 1.21 bits per heavy atom. The topological polar surface area (TPSA) is 42.1 Å². The second kappa shape index (κ2) is 5.10. The average Bonchev–Trinajstić information content (AvgIpc) is 2.89. The maximum Gasteiger partial charge on any atom is 0.0606 e. The molecule has 0 amide bonds. The Labute approximate surface area is 118 Å². The summed E-state index contributed by atoms with van der Waals surface area (Å²) in [6.45, 7) is 1.03. The minimum absolute atomic E-state index is 0.381. The summed E-state index contributed by atoms with van der Waals surface area (Å²) in [4.78, 5) is 6.45. The van der Waals surface area contributed by atoms with Crippen molar-refractivity contribution >= 4 is 23.0 Å². The van der Waals surface area contributed by atoms with Gasteiger partial charge in [-0.05, 0) is 48.7 Å². The van der Waals surface area contributed by atoms with Gasteiger partial charge in [0.1, 0.15) is 0 Å². The molecule has 0 radical (unpaired) electrons. The van der Waals surface area contributed by atoms with Crippen molar-refractivity contribution in [3.8, 4) is 0 Å². The molecule has 2 heterocycles. The van der Waals surface area contributed by atoms with Crippen molar-refractivity contribution in [3.05, 3.63) is 53.3 Å². The van der Waals surface area contributed by atoms with Gasteiger partial charge in [0.05, 0.1) is 17.4 Å². The average molecular weight is 274 g/mol. The Balaban J connectivity index is 1.95. The smallest absolute Gasteiger partial charge is 0.0606 e. The molecule has 1 aliphatic heterocycles. The summed E-state index contributed by atoms with van der Waals surface area (Å²) < 4.78 is 0. The van der Waals surface area contributed by atoms with Crippen molar-refractivity contribution in [2.75, 3.05) is 17.2 Å². The zero-order valence-corrected chi connectivity index (χ0v) is 11.3. The van der Waals surface area contributed by atoms with Crippen molar-refractivity contribution < 1.29 is 0 Å². The number of halogens is 1. The van der Waals surface area contributed by atoms with Gasteiger partial charge in [-0.1, -0.05) is 11.6 Å². The van der Waals surface area contributed by atoms with E-state index in [2.05, 4.69) is 22.0 Å². The molecule has 1 aromatic carbocycles. The lowest BCUT2D eigenvalue weighted by Crippen LogP contribution is -2.23. The highest BCUT2D eigenvalue weighted by Crippen LogP contribution is 2.39. The van der Waals surface area contributed by atoms with Crippen LogP contribution in [0.25, 0.3) is 0 Å². The number of nitrogens with zero attached hydrogens (tertiary/aromatic N) is 2. The fraction of sp³-hybridized carbons (Fsp3) is 0.267. The Morgan fingerprint density at radius 3 is 2.74 bits per heavy atom.